The molecule has 1 atom stereocenters. The van der Waals surface area contributed by atoms with Crippen LogP contribution in [0.25, 0.3) is 22.2 Å². The highest BCUT2D eigenvalue weighted by Gasteiger charge is 2.15. The molecule has 2 N–H and O–H groups in total. The molecular formula is C19H18N2O2. The van der Waals surface area contributed by atoms with Gasteiger partial charge in [-0.25, -0.2) is 4.98 Å². The molecule has 4 nitrogen and oxygen atoms in total. The molecule has 1 heterocycles. The summed E-state index contributed by atoms with van der Waals surface area (Å²) < 4.78 is 0. The van der Waals surface area contributed by atoms with Gasteiger partial charge in [0.2, 0.25) is 0 Å². The monoisotopic (exact) mass is 306 g/mol. The Bertz CT molecular complexity index is 831. The fourth-order valence-electron chi connectivity index (χ4n) is 2.62. The van der Waals surface area contributed by atoms with Gasteiger partial charge in [-0.05, 0) is 37.2 Å². The molecular weight excluding hydrogens is 288 g/mol. The van der Waals surface area contributed by atoms with E-state index in [1.54, 1.807) is 7.05 Å². The number of aromatic nitrogens is 1. The second kappa shape index (κ2) is 6.58. The fourth-order valence-corrected chi connectivity index (χ4v) is 2.62. The third kappa shape index (κ3) is 3.38. The van der Waals surface area contributed by atoms with Crippen LogP contribution in [0.2, 0.25) is 0 Å². The van der Waals surface area contributed by atoms with Crippen LogP contribution < -0.4 is 5.32 Å². The predicted molar refractivity (Wildman–Crippen MR) is 91.4 cm³/mol. The molecule has 1 aromatic heterocycles. The minimum atomic E-state index is -0.842. The van der Waals surface area contributed by atoms with E-state index in [-0.39, 0.29) is 0 Å². The van der Waals surface area contributed by atoms with Gasteiger partial charge in [0.05, 0.1) is 11.2 Å². The normalized spacial score (nSPS) is 12.2. The maximum Gasteiger partial charge on any atom is 0.321 e. The van der Waals surface area contributed by atoms with Crippen molar-refractivity contribution < 1.29 is 9.90 Å². The van der Waals surface area contributed by atoms with Gasteiger partial charge in [-0.3, -0.25) is 4.79 Å². The van der Waals surface area contributed by atoms with Crippen LogP contribution in [0.5, 0.6) is 0 Å². The van der Waals surface area contributed by atoms with Gasteiger partial charge in [0, 0.05) is 10.9 Å². The van der Waals surface area contributed by atoms with Crippen molar-refractivity contribution in [3.05, 3.63) is 66.2 Å². The van der Waals surface area contributed by atoms with E-state index < -0.39 is 12.0 Å². The number of rotatable bonds is 5. The average molecular weight is 306 g/mol. The highest BCUT2D eigenvalue weighted by molar-refractivity contribution is 5.82. The summed E-state index contributed by atoms with van der Waals surface area (Å²) >= 11 is 0. The molecule has 116 valence electrons. The summed E-state index contributed by atoms with van der Waals surface area (Å²) in [5, 5.41) is 13.0. The number of carboxylic acid groups (broad SMARTS) is 1. The summed E-state index contributed by atoms with van der Waals surface area (Å²) in [5.74, 6) is -0.842. The Hall–Kier alpha value is -2.72. The summed E-state index contributed by atoms with van der Waals surface area (Å²) in [6.45, 7) is 0. The zero-order valence-corrected chi connectivity index (χ0v) is 12.9. The molecule has 0 saturated carbocycles. The van der Waals surface area contributed by atoms with Crippen LogP contribution in [0.4, 0.5) is 0 Å². The highest BCUT2D eigenvalue weighted by atomic mass is 16.4. The minimum Gasteiger partial charge on any atom is -0.480 e. The van der Waals surface area contributed by atoms with Gasteiger partial charge < -0.3 is 10.4 Å². The smallest absolute Gasteiger partial charge is 0.321 e. The fraction of sp³-hybridized carbons (Fsp3) is 0.158. The van der Waals surface area contributed by atoms with Crippen LogP contribution in [-0.4, -0.2) is 29.1 Å². The molecule has 0 aliphatic rings. The Morgan fingerprint density at radius 1 is 1.13 bits per heavy atom. The van der Waals surface area contributed by atoms with Gasteiger partial charge in [-0.15, -0.1) is 0 Å². The van der Waals surface area contributed by atoms with Gasteiger partial charge >= 0.3 is 5.97 Å². The summed E-state index contributed by atoms with van der Waals surface area (Å²) in [5.41, 5.74) is 3.91. The lowest BCUT2D eigenvalue weighted by molar-refractivity contribution is -0.139. The standard InChI is InChI=1S/C19H18N2O2/c1-20-18(19(22)23)12-13-7-9-17-15(11-13)8-10-16(21-17)14-5-3-2-4-6-14/h2-11,18,20H,12H2,1H3,(H,22,23). The molecule has 0 aliphatic heterocycles. The number of nitrogens with one attached hydrogen (secondary N) is 1. The number of pyridine rings is 1. The van der Waals surface area contributed by atoms with Crippen LogP contribution in [-0.2, 0) is 11.2 Å². The van der Waals surface area contributed by atoms with E-state index in [0.29, 0.717) is 6.42 Å². The number of likely N-dealkylation sites (N-methyl/N-ethyl adjacent to an activating group) is 1. The molecule has 3 aromatic rings. The number of carbonyl (C=O) groups is 1. The van der Waals surface area contributed by atoms with E-state index in [0.717, 1.165) is 27.7 Å². The maximum absolute atomic E-state index is 11.1. The van der Waals surface area contributed by atoms with Gasteiger partial charge in [0.15, 0.2) is 0 Å². The van der Waals surface area contributed by atoms with Crippen molar-refractivity contribution in [2.45, 2.75) is 12.5 Å². The first-order valence-electron chi connectivity index (χ1n) is 7.52. The van der Waals surface area contributed by atoms with Crippen molar-refractivity contribution in [3.63, 3.8) is 0 Å². The first kappa shape index (κ1) is 15.2. The van der Waals surface area contributed by atoms with Crippen molar-refractivity contribution >= 4 is 16.9 Å². The van der Waals surface area contributed by atoms with Crippen LogP contribution >= 0.6 is 0 Å². The number of nitrogens with zero attached hydrogens (tertiary/aromatic N) is 1. The lowest BCUT2D eigenvalue weighted by Gasteiger charge is -2.11. The van der Waals surface area contributed by atoms with Crippen molar-refractivity contribution in [3.8, 4) is 11.3 Å². The molecule has 0 amide bonds. The van der Waals surface area contributed by atoms with E-state index in [1.165, 1.54) is 0 Å². The van der Waals surface area contributed by atoms with Crippen LogP contribution in [0.15, 0.2) is 60.7 Å². The van der Waals surface area contributed by atoms with E-state index >= 15 is 0 Å². The number of benzene rings is 2. The third-order valence-corrected chi connectivity index (χ3v) is 3.91. The molecule has 1 unspecified atom stereocenters. The molecule has 23 heavy (non-hydrogen) atoms. The lowest BCUT2D eigenvalue weighted by Crippen LogP contribution is -2.35. The number of carboxylic acids is 1. The molecule has 3 rings (SSSR count). The topological polar surface area (TPSA) is 62.2 Å². The third-order valence-electron chi connectivity index (χ3n) is 3.91. The second-order valence-corrected chi connectivity index (χ2v) is 5.47. The van der Waals surface area contributed by atoms with Gasteiger partial charge in [0.25, 0.3) is 0 Å². The average Bonchev–Trinajstić information content (AvgIpc) is 2.59. The molecule has 0 bridgehead atoms. The van der Waals surface area contributed by atoms with E-state index in [4.69, 9.17) is 5.11 Å². The highest BCUT2D eigenvalue weighted by Crippen LogP contribution is 2.22. The minimum absolute atomic E-state index is 0.447. The van der Waals surface area contributed by atoms with Crippen molar-refractivity contribution in [1.29, 1.82) is 0 Å². The molecule has 0 aliphatic carbocycles. The molecule has 0 fully saturated rings. The first-order valence-corrected chi connectivity index (χ1v) is 7.52. The largest absolute Gasteiger partial charge is 0.480 e. The van der Waals surface area contributed by atoms with Crippen LogP contribution in [0.1, 0.15) is 5.56 Å². The number of fused-ring (bicyclic) bond motifs is 1. The van der Waals surface area contributed by atoms with Crippen LogP contribution in [0.3, 0.4) is 0 Å². The van der Waals surface area contributed by atoms with Crippen molar-refractivity contribution in [2.24, 2.45) is 0 Å². The summed E-state index contributed by atoms with van der Waals surface area (Å²) in [4.78, 5) is 15.8. The maximum atomic E-state index is 11.1. The Labute approximate surface area is 134 Å². The lowest BCUT2D eigenvalue weighted by atomic mass is 10.0. The van der Waals surface area contributed by atoms with Gasteiger partial charge in [-0.2, -0.15) is 0 Å². The zero-order valence-electron chi connectivity index (χ0n) is 12.9. The molecule has 4 heteroatoms. The second-order valence-electron chi connectivity index (χ2n) is 5.47. The summed E-state index contributed by atoms with van der Waals surface area (Å²) in [6.07, 6.45) is 0.447. The Balaban J connectivity index is 1.91. The van der Waals surface area contributed by atoms with Crippen LogP contribution in [0, 0.1) is 0 Å². The Kier molecular flexibility index (Phi) is 4.35. The van der Waals surface area contributed by atoms with Gasteiger partial charge in [-0.1, -0.05) is 42.5 Å². The molecule has 0 saturated heterocycles. The van der Waals surface area contributed by atoms with Crippen molar-refractivity contribution in [1.82, 2.24) is 10.3 Å². The van der Waals surface area contributed by atoms with Crippen molar-refractivity contribution in [2.75, 3.05) is 7.05 Å². The van der Waals surface area contributed by atoms with E-state index in [1.807, 2.05) is 60.7 Å². The number of hydrogen-bond acceptors (Lipinski definition) is 3. The quantitative estimate of drug-likeness (QED) is 0.760. The number of aliphatic carboxylic acids is 1. The molecule has 0 radical (unpaired) electrons. The Morgan fingerprint density at radius 2 is 1.91 bits per heavy atom. The molecule has 2 aromatic carbocycles. The van der Waals surface area contributed by atoms with E-state index in [2.05, 4.69) is 10.3 Å². The SMILES string of the molecule is CNC(Cc1ccc2nc(-c3ccccc3)ccc2c1)C(=O)O. The zero-order chi connectivity index (χ0) is 16.2. The Morgan fingerprint density at radius 3 is 2.61 bits per heavy atom. The summed E-state index contributed by atoms with van der Waals surface area (Å²) in [6, 6.07) is 19.4. The number of hydrogen-bond donors (Lipinski definition) is 2. The predicted octanol–water partition coefficient (Wildman–Crippen LogP) is 3.12. The van der Waals surface area contributed by atoms with E-state index in [9.17, 15) is 4.79 Å². The summed E-state index contributed by atoms with van der Waals surface area (Å²) in [7, 11) is 1.66. The molecule has 0 spiro atoms. The van der Waals surface area contributed by atoms with Gasteiger partial charge in [0.1, 0.15) is 6.04 Å². The first-order chi connectivity index (χ1) is 11.2.